The second-order valence-corrected chi connectivity index (χ2v) is 8.88. The first-order valence-corrected chi connectivity index (χ1v) is 11.7. The van der Waals surface area contributed by atoms with Gasteiger partial charge >= 0.3 is 0 Å². The molecule has 172 valence electrons. The second kappa shape index (κ2) is 10.4. The van der Waals surface area contributed by atoms with Crippen LogP contribution in [0.2, 0.25) is 0 Å². The summed E-state index contributed by atoms with van der Waals surface area (Å²) in [6.45, 7) is 4.94. The van der Waals surface area contributed by atoms with Crippen molar-refractivity contribution in [1.82, 2.24) is 15.5 Å². The molecular weight excluding hydrogens is 440 g/mol. The topological polar surface area (TPSA) is 102 Å². The minimum Gasteiger partial charge on any atom is -0.486 e. The fourth-order valence-corrected chi connectivity index (χ4v) is 4.24. The van der Waals surface area contributed by atoms with Crippen molar-refractivity contribution in [2.45, 2.75) is 39.2 Å². The van der Waals surface area contributed by atoms with Crippen LogP contribution in [0, 0.1) is 6.92 Å². The van der Waals surface area contributed by atoms with Crippen LogP contribution in [0.25, 0.3) is 0 Å². The number of anilines is 1. The minimum atomic E-state index is -0.279. The van der Waals surface area contributed by atoms with Crippen LogP contribution in [0.4, 0.5) is 5.69 Å². The molecule has 9 heteroatoms. The lowest BCUT2D eigenvalue weighted by Gasteiger charge is -2.21. The molecule has 8 nitrogen and oxygen atoms in total. The number of benzene rings is 2. The monoisotopic (exact) mass is 466 g/mol. The van der Waals surface area contributed by atoms with E-state index >= 15 is 0 Å². The number of carbonyl (C=O) groups is 2. The van der Waals surface area contributed by atoms with Crippen LogP contribution in [0.5, 0.6) is 11.5 Å². The number of para-hydroxylation sites is 1. The lowest BCUT2D eigenvalue weighted by molar-refractivity contribution is -0.121. The molecule has 1 atom stereocenters. The Hall–Kier alpha value is -3.46. The summed E-state index contributed by atoms with van der Waals surface area (Å²) in [4.78, 5) is 24.8. The largest absolute Gasteiger partial charge is 0.486 e. The van der Waals surface area contributed by atoms with Gasteiger partial charge in [0.05, 0.1) is 6.04 Å². The van der Waals surface area contributed by atoms with Crippen molar-refractivity contribution in [3.8, 4) is 11.5 Å². The van der Waals surface area contributed by atoms with Crippen LogP contribution in [0.15, 0.2) is 42.5 Å². The Morgan fingerprint density at radius 3 is 2.70 bits per heavy atom. The molecule has 0 unspecified atom stereocenters. The molecule has 2 N–H and O–H groups in total. The van der Waals surface area contributed by atoms with Gasteiger partial charge in [-0.15, -0.1) is 10.2 Å². The van der Waals surface area contributed by atoms with Crippen molar-refractivity contribution in [2.75, 3.05) is 18.5 Å². The third-order valence-electron chi connectivity index (χ3n) is 5.29. The van der Waals surface area contributed by atoms with E-state index in [1.54, 1.807) is 0 Å². The lowest BCUT2D eigenvalue weighted by atomic mass is 10.1. The molecule has 2 amide bonds. The van der Waals surface area contributed by atoms with E-state index in [-0.39, 0.29) is 17.9 Å². The first-order chi connectivity index (χ1) is 16.0. The smallest absolute Gasteiger partial charge is 0.286 e. The van der Waals surface area contributed by atoms with Gasteiger partial charge in [-0.1, -0.05) is 35.6 Å². The molecule has 1 aliphatic heterocycles. The van der Waals surface area contributed by atoms with Crippen LogP contribution < -0.4 is 20.1 Å². The van der Waals surface area contributed by atoms with E-state index in [0.717, 1.165) is 27.6 Å². The number of nitrogens with one attached hydrogen (secondary N) is 2. The summed E-state index contributed by atoms with van der Waals surface area (Å²) in [5.74, 6) is 1.12. The molecule has 3 aromatic rings. The third kappa shape index (κ3) is 5.87. The number of hydrogen-bond donors (Lipinski definition) is 2. The van der Waals surface area contributed by atoms with Gasteiger partial charge < -0.3 is 20.1 Å². The molecule has 4 rings (SSSR count). The van der Waals surface area contributed by atoms with Crippen LogP contribution >= 0.6 is 11.3 Å². The number of ether oxygens (including phenoxy) is 2. The third-order valence-corrected chi connectivity index (χ3v) is 6.27. The zero-order valence-electron chi connectivity index (χ0n) is 18.6. The first-order valence-electron chi connectivity index (χ1n) is 10.9. The molecule has 0 fully saturated rings. The molecule has 1 aliphatic rings. The van der Waals surface area contributed by atoms with Crippen molar-refractivity contribution in [1.29, 1.82) is 0 Å². The fraction of sp³-hybridized carbons (Fsp3) is 0.333. The quantitative estimate of drug-likeness (QED) is 0.519. The van der Waals surface area contributed by atoms with Crippen molar-refractivity contribution in [3.05, 3.63) is 63.6 Å². The van der Waals surface area contributed by atoms with Crippen molar-refractivity contribution in [2.24, 2.45) is 0 Å². The van der Waals surface area contributed by atoms with Gasteiger partial charge in [-0.2, -0.15) is 0 Å². The molecule has 33 heavy (non-hydrogen) atoms. The summed E-state index contributed by atoms with van der Waals surface area (Å²) < 4.78 is 11.2. The standard InChI is InChI=1S/C24H26N4O4S/c1-15-6-3-4-7-18(15)26-23(30)24-28-27-22(33-24)9-5-8-21(29)25-16(2)17-10-11-19-20(14-17)32-13-12-31-19/h3-4,6-7,10-11,14,16H,5,8-9,12-13H2,1-2H3,(H,25,29)(H,26,30)/t16-/m1/s1. The molecule has 1 aromatic heterocycles. The molecule has 0 aliphatic carbocycles. The van der Waals surface area contributed by atoms with Crippen LogP contribution in [-0.2, 0) is 11.2 Å². The Labute approximate surface area is 196 Å². The summed E-state index contributed by atoms with van der Waals surface area (Å²) in [5.41, 5.74) is 2.69. The maximum absolute atomic E-state index is 12.4. The molecular formula is C24H26N4O4S. The molecule has 0 spiro atoms. The van der Waals surface area contributed by atoms with Crippen molar-refractivity contribution < 1.29 is 19.1 Å². The number of fused-ring (bicyclic) bond motifs is 1. The van der Waals surface area contributed by atoms with Crippen LogP contribution in [0.3, 0.4) is 0 Å². The predicted molar refractivity (Wildman–Crippen MR) is 126 cm³/mol. The number of amides is 2. The summed E-state index contributed by atoms with van der Waals surface area (Å²) in [5, 5.41) is 15.0. The van der Waals surface area contributed by atoms with E-state index in [1.165, 1.54) is 11.3 Å². The summed E-state index contributed by atoms with van der Waals surface area (Å²) in [7, 11) is 0. The highest BCUT2D eigenvalue weighted by molar-refractivity contribution is 7.13. The number of aryl methyl sites for hydroxylation is 2. The average Bonchev–Trinajstić information content (AvgIpc) is 3.29. The van der Waals surface area contributed by atoms with Gasteiger partial charge in [0.1, 0.15) is 18.2 Å². The molecule has 0 radical (unpaired) electrons. The van der Waals surface area contributed by atoms with Crippen molar-refractivity contribution in [3.63, 3.8) is 0 Å². The average molecular weight is 467 g/mol. The molecule has 2 aromatic carbocycles. The first kappa shape index (κ1) is 22.7. The number of hydrogen-bond acceptors (Lipinski definition) is 7. The van der Waals surface area contributed by atoms with E-state index in [4.69, 9.17) is 9.47 Å². The van der Waals surface area contributed by atoms with Gasteiger partial charge in [0, 0.05) is 18.5 Å². The number of carbonyl (C=O) groups excluding carboxylic acids is 2. The summed E-state index contributed by atoms with van der Waals surface area (Å²) >= 11 is 1.25. The Morgan fingerprint density at radius 2 is 1.88 bits per heavy atom. The van der Waals surface area contributed by atoms with E-state index in [9.17, 15) is 9.59 Å². The molecule has 0 bridgehead atoms. The normalized spacial score (nSPS) is 13.3. The Morgan fingerprint density at radius 1 is 1.09 bits per heavy atom. The maximum Gasteiger partial charge on any atom is 0.286 e. The number of nitrogens with zero attached hydrogens (tertiary/aromatic N) is 2. The number of rotatable bonds is 8. The van der Waals surface area contributed by atoms with E-state index < -0.39 is 0 Å². The Balaban J connectivity index is 1.23. The zero-order chi connectivity index (χ0) is 23.2. The lowest BCUT2D eigenvalue weighted by Crippen LogP contribution is -2.26. The van der Waals surface area contributed by atoms with Crippen molar-refractivity contribution >= 4 is 28.8 Å². The Kier molecular flexibility index (Phi) is 7.19. The molecule has 0 saturated heterocycles. The van der Waals surface area contributed by atoms with E-state index in [1.807, 2.05) is 56.3 Å². The highest BCUT2D eigenvalue weighted by atomic mass is 32.1. The second-order valence-electron chi connectivity index (χ2n) is 7.82. The van der Waals surface area contributed by atoms with Crippen LogP contribution in [0.1, 0.15) is 51.7 Å². The summed E-state index contributed by atoms with van der Waals surface area (Å²) in [6, 6.07) is 13.1. The van der Waals surface area contributed by atoms with Gasteiger partial charge in [-0.25, -0.2) is 0 Å². The zero-order valence-corrected chi connectivity index (χ0v) is 19.4. The van der Waals surface area contributed by atoms with Gasteiger partial charge in [-0.3, -0.25) is 9.59 Å². The summed E-state index contributed by atoms with van der Waals surface area (Å²) in [6.07, 6.45) is 1.56. The number of aromatic nitrogens is 2. The molecule has 2 heterocycles. The highest BCUT2D eigenvalue weighted by Gasteiger charge is 2.17. The van der Waals surface area contributed by atoms with Gasteiger partial charge in [-0.05, 0) is 49.6 Å². The van der Waals surface area contributed by atoms with Crippen LogP contribution in [-0.4, -0.2) is 35.2 Å². The minimum absolute atomic E-state index is 0.0422. The van der Waals surface area contributed by atoms with Gasteiger partial charge in [0.2, 0.25) is 10.9 Å². The predicted octanol–water partition coefficient (Wildman–Crippen LogP) is 4.07. The maximum atomic E-state index is 12.4. The SMILES string of the molecule is Cc1ccccc1NC(=O)c1nnc(CCCC(=O)N[C@H](C)c2ccc3c(c2)OCCO3)s1. The fourth-order valence-electron chi connectivity index (χ4n) is 3.46. The Bertz CT molecular complexity index is 1150. The van der Waals surface area contributed by atoms with Gasteiger partial charge in [0.25, 0.3) is 5.91 Å². The highest BCUT2D eigenvalue weighted by Crippen LogP contribution is 2.32. The molecule has 0 saturated carbocycles. The van der Waals surface area contributed by atoms with Gasteiger partial charge in [0.15, 0.2) is 11.5 Å². The van der Waals surface area contributed by atoms with E-state index in [0.29, 0.717) is 43.2 Å². The van der Waals surface area contributed by atoms with E-state index in [2.05, 4.69) is 20.8 Å².